The summed E-state index contributed by atoms with van der Waals surface area (Å²) in [6, 6.07) is 21.9. The Hall–Kier alpha value is -1.60. The van der Waals surface area contributed by atoms with Crippen molar-refractivity contribution in [3.8, 4) is 0 Å². The minimum atomic E-state index is 0.697. The zero-order valence-corrected chi connectivity index (χ0v) is 11.3. The molecule has 1 aliphatic heterocycles. The Kier molecular flexibility index (Phi) is 3.95. The zero-order valence-electron chi connectivity index (χ0n) is 11.3. The Labute approximate surface area is 115 Å². The number of nitrogens with one attached hydrogen (secondary N) is 1. The van der Waals surface area contributed by atoms with E-state index < -0.39 is 0 Å². The molecule has 1 nitrogen and oxygen atoms in total. The van der Waals surface area contributed by atoms with Gasteiger partial charge in [-0.15, -0.1) is 0 Å². The van der Waals surface area contributed by atoms with Crippen LogP contribution in [0.5, 0.6) is 0 Å². The van der Waals surface area contributed by atoms with Crippen molar-refractivity contribution in [3.63, 3.8) is 0 Å². The summed E-state index contributed by atoms with van der Waals surface area (Å²) in [7, 11) is 0. The second-order valence-electron chi connectivity index (χ2n) is 5.46. The van der Waals surface area contributed by atoms with E-state index in [1.807, 2.05) is 0 Å². The second kappa shape index (κ2) is 6.03. The first kappa shape index (κ1) is 12.4. The molecular formula is C18H21N. The number of benzene rings is 2. The van der Waals surface area contributed by atoms with Crippen LogP contribution in [0.1, 0.15) is 23.5 Å². The Bertz CT molecular complexity index is 492. The van der Waals surface area contributed by atoms with Crippen molar-refractivity contribution in [2.24, 2.45) is 5.92 Å². The highest BCUT2D eigenvalue weighted by Gasteiger charge is 2.26. The highest BCUT2D eigenvalue weighted by atomic mass is 14.9. The maximum absolute atomic E-state index is 3.55. The average Bonchev–Trinajstić information content (AvgIpc) is 2.50. The molecule has 1 heteroatoms. The molecule has 19 heavy (non-hydrogen) atoms. The van der Waals surface area contributed by atoms with Gasteiger partial charge in [0.05, 0.1) is 0 Å². The first-order chi connectivity index (χ1) is 9.43. The molecule has 2 atom stereocenters. The molecule has 98 valence electrons. The van der Waals surface area contributed by atoms with Gasteiger partial charge in [0.15, 0.2) is 0 Å². The number of piperidine rings is 1. The standard InChI is InChI=1S/C18H21N/c1-3-7-15(8-4-1)13-17-14-19-12-11-18(17)16-9-5-2-6-10-16/h1-10,17-19H,11-14H2. The molecule has 0 saturated carbocycles. The number of hydrogen-bond donors (Lipinski definition) is 1. The van der Waals surface area contributed by atoms with Gasteiger partial charge in [-0.25, -0.2) is 0 Å². The zero-order chi connectivity index (χ0) is 12.9. The molecule has 0 aliphatic carbocycles. The lowest BCUT2D eigenvalue weighted by Gasteiger charge is -2.32. The third kappa shape index (κ3) is 3.05. The molecule has 2 aromatic carbocycles. The Morgan fingerprint density at radius 2 is 1.58 bits per heavy atom. The van der Waals surface area contributed by atoms with Crippen LogP contribution in [0.3, 0.4) is 0 Å². The van der Waals surface area contributed by atoms with E-state index in [0.29, 0.717) is 11.8 Å². The van der Waals surface area contributed by atoms with Gasteiger partial charge in [0.25, 0.3) is 0 Å². The van der Waals surface area contributed by atoms with Crippen molar-refractivity contribution in [1.82, 2.24) is 5.32 Å². The fourth-order valence-electron chi connectivity index (χ4n) is 3.19. The fraction of sp³-hybridized carbons (Fsp3) is 0.333. The summed E-state index contributed by atoms with van der Waals surface area (Å²) in [6.07, 6.45) is 2.43. The van der Waals surface area contributed by atoms with Gasteiger partial charge >= 0.3 is 0 Å². The first-order valence-electron chi connectivity index (χ1n) is 7.23. The predicted molar refractivity (Wildman–Crippen MR) is 80.3 cm³/mol. The molecule has 1 heterocycles. The van der Waals surface area contributed by atoms with E-state index in [1.54, 1.807) is 0 Å². The van der Waals surface area contributed by atoms with Crippen LogP contribution in [-0.4, -0.2) is 13.1 Å². The van der Waals surface area contributed by atoms with Crippen LogP contribution < -0.4 is 5.32 Å². The van der Waals surface area contributed by atoms with Gasteiger partial charge in [0, 0.05) is 0 Å². The lowest BCUT2D eigenvalue weighted by atomic mass is 9.78. The van der Waals surface area contributed by atoms with Crippen molar-refractivity contribution in [1.29, 1.82) is 0 Å². The topological polar surface area (TPSA) is 12.0 Å². The van der Waals surface area contributed by atoms with Crippen LogP contribution in [0.25, 0.3) is 0 Å². The molecule has 1 saturated heterocycles. The minimum absolute atomic E-state index is 0.697. The van der Waals surface area contributed by atoms with Crippen molar-refractivity contribution < 1.29 is 0 Å². The highest BCUT2D eigenvalue weighted by Crippen LogP contribution is 2.32. The Morgan fingerprint density at radius 1 is 0.895 bits per heavy atom. The molecule has 3 rings (SSSR count). The van der Waals surface area contributed by atoms with Gasteiger partial charge in [-0.2, -0.15) is 0 Å². The number of rotatable bonds is 3. The van der Waals surface area contributed by atoms with E-state index in [0.717, 1.165) is 13.1 Å². The van der Waals surface area contributed by atoms with E-state index in [1.165, 1.54) is 24.0 Å². The molecule has 0 spiro atoms. The molecule has 1 fully saturated rings. The van der Waals surface area contributed by atoms with Crippen molar-refractivity contribution in [2.75, 3.05) is 13.1 Å². The van der Waals surface area contributed by atoms with Crippen LogP contribution in [0.15, 0.2) is 60.7 Å². The van der Waals surface area contributed by atoms with Gasteiger partial charge in [-0.1, -0.05) is 60.7 Å². The van der Waals surface area contributed by atoms with Gasteiger partial charge < -0.3 is 5.32 Å². The highest BCUT2D eigenvalue weighted by molar-refractivity contribution is 5.23. The molecule has 0 amide bonds. The van der Waals surface area contributed by atoms with E-state index >= 15 is 0 Å². The molecule has 2 aromatic rings. The average molecular weight is 251 g/mol. The molecule has 0 radical (unpaired) electrons. The van der Waals surface area contributed by atoms with Crippen LogP contribution in [-0.2, 0) is 6.42 Å². The van der Waals surface area contributed by atoms with E-state index in [9.17, 15) is 0 Å². The van der Waals surface area contributed by atoms with Crippen LogP contribution in [0.4, 0.5) is 0 Å². The summed E-state index contributed by atoms with van der Waals surface area (Å²) in [5.74, 6) is 1.40. The summed E-state index contributed by atoms with van der Waals surface area (Å²) >= 11 is 0. The minimum Gasteiger partial charge on any atom is -0.316 e. The van der Waals surface area contributed by atoms with E-state index in [-0.39, 0.29) is 0 Å². The van der Waals surface area contributed by atoms with Crippen molar-refractivity contribution in [3.05, 3.63) is 71.8 Å². The summed E-state index contributed by atoms with van der Waals surface area (Å²) in [5.41, 5.74) is 2.96. The van der Waals surface area contributed by atoms with Gasteiger partial charge in [0.1, 0.15) is 0 Å². The third-order valence-corrected chi connectivity index (χ3v) is 4.18. The number of hydrogen-bond acceptors (Lipinski definition) is 1. The van der Waals surface area contributed by atoms with Gasteiger partial charge in [-0.05, 0) is 48.9 Å². The second-order valence-corrected chi connectivity index (χ2v) is 5.46. The third-order valence-electron chi connectivity index (χ3n) is 4.18. The molecule has 0 aromatic heterocycles. The van der Waals surface area contributed by atoms with Crippen molar-refractivity contribution in [2.45, 2.75) is 18.8 Å². The molecule has 1 N–H and O–H groups in total. The Morgan fingerprint density at radius 3 is 2.32 bits per heavy atom. The summed E-state index contributed by atoms with van der Waals surface area (Å²) in [5, 5.41) is 3.55. The van der Waals surface area contributed by atoms with Gasteiger partial charge in [0.2, 0.25) is 0 Å². The van der Waals surface area contributed by atoms with Crippen LogP contribution in [0.2, 0.25) is 0 Å². The maximum Gasteiger partial charge on any atom is -0.00115 e. The summed E-state index contributed by atoms with van der Waals surface area (Å²) in [6.45, 7) is 2.28. The van der Waals surface area contributed by atoms with Crippen LogP contribution in [0, 0.1) is 5.92 Å². The quantitative estimate of drug-likeness (QED) is 0.878. The van der Waals surface area contributed by atoms with Crippen molar-refractivity contribution >= 4 is 0 Å². The SMILES string of the molecule is c1ccc(CC2CNCCC2c2ccccc2)cc1. The normalized spacial score (nSPS) is 23.2. The lowest BCUT2D eigenvalue weighted by molar-refractivity contribution is 0.324. The molecule has 1 aliphatic rings. The first-order valence-corrected chi connectivity index (χ1v) is 7.23. The Balaban J connectivity index is 1.78. The van der Waals surface area contributed by atoms with Crippen LogP contribution >= 0.6 is 0 Å². The molecule has 2 unspecified atom stereocenters. The summed E-state index contributed by atoms with van der Waals surface area (Å²) < 4.78 is 0. The fourth-order valence-corrected chi connectivity index (χ4v) is 3.19. The van der Waals surface area contributed by atoms with Gasteiger partial charge in [-0.3, -0.25) is 0 Å². The van der Waals surface area contributed by atoms with E-state index in [4.69, 9.17) is 0 Å². The largest absolute Gasteiger partial charge is 0.316 e. The predicted octanol–water partition coefficient (Wildman–Crippen LogP) is 3.62. The summed E-state index contributed by atoms with van der Waals surface area (Å²) in [4.78, 5) is 0. The lowest BCUT2D eigenvalue weighted by Crippen LogP contribution is -2.36. The van der Waals surface area contributed by atoms with E-state index in [2.05, 4.69) is 66.0 Å². The monoisotopic (exact) mass is 251 g/mol. The molecule has 0 bridgehead atoms. The maximum atomic E-state index is 3.55. The molecular weight excluding hydrogens is 230 g/mol. The smallest absolute Gasteiger partial charge is 0.00115 e.